The van der Waals surface area contributed by atoms with Gasteiger partial charge in [0.1, 0.15) is 22.9 Å². The summed E-state index contributed by atoms with van der Waals surface area (Å²) in [5.41, 5.74) is -3.33. The van der Waals surface area contributed by atoms with E-state index in [1.54, 1.807) is 24.3 Å². The number of carbonyl (C=O) groups is 2. The number of benzene rings is 4. The van der Waals surface area contributed by atoms with E-state index in [0.717, 1.165) is 30.3 Å². The third-order valence-corrected chi connectivity index (χ3v) is 6.11. The quantitative estimate of drug-likeness (QED) is 0.0785. The molecule has 0 bridgehead atoms. The summed E-state index contributed by atoms with van der Waals surface area (Å²) in [6, 6.07) is 14.5. The molecule has 7 nitrogen and oxygen atoms in total. The number of halogens is 6. The number of esters is 1. The highest BCUT2D eigenvalue weighted by atomic mass is 35.5. The average Bonchev–Trinajstić information content (AvgIpc) is 2.89. The van der Waals surface area contributed by atoms with Crippen LogP contribution in [0.1, 0.15) is 21.5 Å². The standard InChI is InChI=1S/C28H16ClF5N2O5/c29-22-4-2-1-3-16(22)12-26(37)41-25-10-5-15(19-8-6-17(30)13-23(19)31)11-20(25)27(38)35-18-7-9-24(36(39)40)21(14-18)28(32,33)34/h1-11,13-14H,12H2,(H,35,38). The monoisotopic (exact) mass is 590 g/mol. The molecule has 4 rings (SSSR count). The molecule has 0 saturated heterocycles. The Balaban J connectivity index is 1.72. The Morgan fingerprint density at radius 2 is 1.68 bits per heavy atom. The predicted octanol–water partition coefficient (Wildman–Crippen LogP) is 7.61. The predicted molar refractivity (Wildman–Crippen MR) is 139 cm³/mol. The fraction of sp³-hybridized carbons (Fsp3) is 0.0714. The van der Waals surface area contributed by atoms with E-state index in [1.807, 2.05) is 0 Å². The second-order valence-electron chi connectivity index (χ2n) is 8.52. The van der Waals surface area contributed by atoms with E-state index >= 15 is 0 Å². The van der Waals surface area contributed by atoms with Crippen LogP contribution in [0.25, 0.3) is 11.1 Å². The van der Waals surface area contributed by atoms with E-state index in [2.05, 4.69) is 5.32 Å². The van der Waals surface area contributed by atoms with Crippen molar-refractivity contribution in [2.45, 2.75) is 12.6 Å². The Morgan fingerprint density at radius 3 is 2.34 bits per heavy atom. The van der Waals surface area contributed by atoms with Gasteiger partial charge in [-0.2, -0.15) is 13.2 Å². The smallest absolute Gasteiger partial charge is 0.423 e. The molecule has 1 N–H and O–H groups in total. The number of nitro benzene ring substituents is 1. The molecule has 4 aromatic carbocycles. The van der Waals surface area contributed by atoms with E-state index in [0.29, 0.717) is 23.8 Å². The molecule has 0 unspecified atom stereocenters. The number of nitrogens with zero attached hydrogens (tertiary/aromatic N) is 1. The van der Waals surface area contributed by atoms with Crippen molar-refractivity contribution in [3.05, 3.63) is 122 Å². The summed E-state index contributed by atoms with van der Waals surface area (Å²) in [5.74, 6) is -4.08. The first-order valence-electron chi connectivity index (χ1n) is 11.5. The summed E-state index contributed by atoms with van der Waals surface area (Å²) < 4.78 is 73.5. The zero-order valence-corrected chi connectivity index (χ0v) is 21.2. The second-order valence-corrected chi connectivity index (χ2v) is 8.93. The van der Waals surface area contributed by atoms with Gasteiger partial charge in [0, 0.05) is 28.4 Å². The van der Waals surface area contributed by atoms with Crippen molar-refractivity contribution in [2.24, 2.45) is 0 Å². The zero-order chi connectivity index (χ0) is 29.9. The van der Waals surface area contributed by atoms with Gasteiger partial charge >= 0.3 is 12.1 Å². The number of hydrogen-bond donors (Lipinski definition) is 1. The molecule has 1 amide bonds. The highest BCUT2D eigenvalue weighted by molar-refractivity contribution is 6.31. The van der Waals surface area contributed by atoms with Crippen molar-refractivity contribution >= 4 is 34.9 Å². The first kappa shape index (κ1) is 29.2. The third kappa shape index (κ3) is 6.84. The summed E-state index contributed by atoms with van der Waals surface area (Å²) >= 11 is 6.08. The maximum atomic E-state index is 14.5. The molecule has 0 fully saturated rings. The Hall–Kier alpha value is -4.84. The highest BCUT2D eigenvalue weighted by Gasteiger charge is 2.38. The lowest BCUT2D eigenvalue weighted by Crippen LogP contribution is -2.18. The fourth-order valence-corrected chi connectivity index (χ4v) is 4.04. The lowest BCUT2D eigenvalue weighted by Gasteiger charge is -2.14. The number of amides is 1. The van der Waals surface area contributed by atoms with Crippen LogP contribution in [-0.4, -0.2) is 16.8 Å². The van der Waals surface area contributed by atoms with Crippen molar-refractivity contribution in [3.8, 4) is 16.9 Å². The minimum Gasteiger partial charge on any atom is -0.425 e. The Labute approximate surface area is 233 Å². The molecule has 0 aromatic heterocycles. The topological polar surface area (TPSA) is 98.5 Å². The van der Waals surface area contributed by atoms with Crippen molar-refractivity contribution in [2.75, 3.05) is 5.32 Å². The van der Waals surface area contributed by atoms with Crippen LogP contribution in [0.3, 0.4) is 0 Å². The Bertz CT molecular complexity index is 1680. The van der Waals surface area contributed by atoms with Gasteiger partial charge < -0.3 is 10.1 Å². The van der Waals surface area contributed by atoms with Gasteiger partial charge in [-0.3, -0.25) is 19.7 Å². The number of nitrogens with one attached hydrogen (secondary N) is 1. The van der Waals surface area contributed by atoms with Gasteiger partial charge in [0.05, 0.1) is 16.9 Å². The molecule has 13 heteroatoms. The maximum Gasteiger partial charge on any atom is 0.423 e. The van der Waals surface area contributed by atoms with Crippen LogP contribution in [0.4, 0.5) is 33.3 Å². The molecule has 0 aliphatic carbocycles. The molecule has 0 radical (unpaired) electrons. The SMILES string of the molecule is O=C(Cc1ccccc1Cl)Oc1ccc(-c2ccc(F)cc2F)cc1C(=O)Nc1ccc([N+](=O)[O-])c(C(F)(F)F)c1. The number of anilines is 1. The van der Waals surface area contributed by atoms with Crippen molar-refractivity contribution in [1.29, 1.82) is 0 Å². The minimum atomic E-state index is -5.11. The second kappa shape index (κ2) is 11.7. The van der Waals surface area contributed by atoms with Gasteiger partial charge in [-0.25, -0.2) is 8.78 Å². The van der Waals surface area contributed by atoms with Crippen LogP contribution in [-0.2, 0) is 17.4 Å². The van der Waals surface area contributed by atoms with Crippen LogP contribution >= 0.6 is 11.6 Å². The van der Waals surface area contributed by atoms with Crippen LogP contribution in [0.15, 0.2) is 78.9 Å². The number of hydrogen-bond acceptors (Lipinski definition) is 5. The van der Waals surface area contributed by atoms with E-state index in [4.69, 9.17) is 16.3 Å². The number of nitro groups is 1. The minimum absolute atomic E-state index is 0.0539. The first-order chi connectivity index (χ1) is 19.3. The van der Waals surface area contributed by atoms with Crippen LogP contribution < -0.4 is 10.1 Å². The van der Waals surface area contributed by atoms with E-state index < -0.39 is 57.1 Å². The lowest BCUT2D eigenvalue weighted by atomic mass is 10.0. The Morgan fingerprint density at radius 1 is 0.951 bits per heavy atom. The lowest BCUT2D eigenvalue weighted by molar-refractivity contribution is -0.388. The summed E-state index contributed by atoms with van der Waals surface area (Å²) in [7, 11) is 0. The maximum absolute atomic E-state index is 14.5. The number of alkyl halides is 3. The molecule has 0 atom stereocenters. The van der Waals surface area contributed by atoms with E-state index in [1.165, 1.54) is 6.07 Å². The van der Waals surface area contributed by atoms with Gasteiger partial charge in [-0.15, -0.1) is 0 Å². The Kier molecular flexibility index (Phi) is 8.33. The first-order valence-corrected chi connectivity index (χ1v) is 11.9. The van der Waals surface area contributed by atoms with Gasteiger partial charge in [-0.05, 0) is 53.6 Å². The van der Waals surface area contributed by atoms with Crippen molar-refractivity contribution < 1.29 is 41.2 Å². The molecule has 0 heterocycles. The zero-order valence-electron chi connectivity index (χ0n) is 20.5. The van der Waals surface area contributed by atoms with Crippen LogP contribution in [0, 0.1) is 21.7 Å². The summed E-state index contributed by atoms with van der Waals surface area (Å²) in [6.45, 7) is 0. The number of ether oxygens (including phenoxy) is 1. The normalized spacial score (nSPS) is 11.2. The summed E-state index contributed by atoms with van der Waals surface area (Å²) in [5, 5.41) is 13.5. The third-order valence-electron chi connectivity index (χ3n) is 5.74. The largest absolute Gasteiger partial charge is 0.425 e. The molecule has 210 valence electrons. The van der Waals surface area contributed by atoms with Crippen molar-refractivity contribution in [1.82, 2.24) is 0 Å². The molecule has 0 aliphatic heterocycles. The molecule has 0 spiro atoms. The molecule has 4 aromatic rings. The number of carbonyl (C=O) groups excluding carboxylic acids is 2. The average molecular weight is 591 g/mol. The molecule has 0 saturated carbocycles. The number of rotatable bonds is 7. The van der Waals surface area contributed by atoms with Gasteiger partial charge in [-0.1, -0.05) is 35.9 Å². The van der Waals surface area contributed by atoms with Crippen LogP contribution in [0.2, 0.25) is 5.02 Å². The summed E-state index contributed by atoms with van der Waals surface area (Å²) in [4.78, 5) is 35.7. The van der Waals surface area contributed by atoms with Crippen molar-refractivity contribution in [3.63, 3.8) is 0 Å². The van der Waals surface area contributed by atoms with Gasteiger partial charge in [0.25, 0.3) is 11.6 Å². The highest BCUT2D eigenvalue weighted by Crippen LogP contribution is 2.38. The molecule has 0 aliphatic rings. The van der Waals surface area contributed by atoms with Gasteiger partial charge in [0.15, 0.2) is 0 Å². The molecular formula is C28H16ClF5N2O5. The van der Waals surface area contributed by atoms with Gasteiger partial charge in [0.2, 0.25) is 0 Å². The summed E-state index contributed by atoms with van der Waals surface area (Å²) in [6.07, 6.45) is -5.41. The van der Waals surface area contributed by atoms with Crippen LogP contribution in [0.5, 0.6) is 5.75 Å². The van der Waals surface area contributed by atoms with E-state index in [9.17, 15) is 41.7 Å². The fourth-order valence-electron chi connectivity index (χ4n) is 3.84. The van der Waals surface area contributed by atoms with E-state index in [-0.39, 0.29) is 28.3 Å². The molecule has 41 heavy (non-hydrogen) atoms. The molecular weight excluding hydrogens is 575 g/mol.